The number of carbonyl (C=O) groups excluding carboxylic acids is 3. The molecule has 0 aliphatic carbocycles. The van der Waals surface area contributed by atoms with Crippen molar-refractivity contribution in [2.45, 2.75) is 38.6 Å². The summed E-state index contributed by atoms with van der Waals surface area (Å²) >= 11 is 12.0. The molecule has 4 rings (SSSR count). The molecule has 8 heteroatoms. The van der Waals surface area contributed by atoms with Gasteiger partial charge in [-0.1, -0.05) is 36.2 Å². The van der Waals surface area contributed by atoms with Crippen LogP contribution in [0.25, 0.3) is 6.08 Å². The lowest BCUT2D eigenvalue weighted by Gasteiger charge is -2.45. The van der Waals surface area contributed by atoms with Crippen LogP contribution >= 0.6 is 23.2 Å². The lowest BCUT2D eigenvalue weighted by atomic mass is 9.80. The zero-order valence-corrected chi connectivity index (χ0v) is 19.7. The number of hydrogen-bond acceptors (Lipinski definition) is 4. The average Bonchev–Trinajstić information content (AvgIpc) is 2.71. The molecular weight excluding hydrogens is 449 g/mol. The quantitative estimate of drug-likeness (QED) is 0.471. The first-order chi connectivity index (χ1) is 15.0. The topological polar surface area (TPSA) is 69.7 Å². The summed E-state index contributed by atoms with van der Waals surface area (Å²) in [5.41, 5.74) is 3.12. The molecule has 1 unspecified atom stereocenters. The van der Waals surface area contributed by atoms with E-state index in [0.29, 0.717) is 16.5 Å². The molecule has 2 heterocycles. The molecule has 0 saturated carbocycles. The Bertz CT molecular complexity index is 1190. The van der Waals surface area contributed by atoms with Gasteiger partial charge in [-0.15, -0.1) is 0 Å². The van der Waals surface area contributed by atoms with Gasteiger partial charge in [0.2, 0.25) is 0 Å². The van der Waals surface area contributed by atoms with Crippen LogP contribution < -0.4 is 15.1 Å². The van der Waals surface area contributed by atoms with Crippen molar-refractivity contribution in [1.29, 1.82) is 0 Å². The molecule has 0 bridgehead atoms. The van der Waals surface area contributed by atoms with Gasteiger partial charge < -0.3 is 4.90 Å². The van der Waals surface area contributed by atoms with E-state index in [4.69, 9.17) is 23.2 Å². The van der Waals surface area contributed by atoms with Gasteiger partial charge in [-0.2, -0.15) is 0 Å². The number of fused-ring (bicyclic) bond motifs is 1. The van der Waals surface area contributed by atoms with Gasteiger partial charge in [-0.3, -0.25) is 14.9 Å². The summed E-state index contributed by atoms with van der Waals surface area (Å²) in [5, 5.41) is 2.72. The SMILES string of the molecule is CC1CC(C)(C)N(C)c2ccc(/C=C3/C(=O)NC(=O)N(c4ccc(Cl)c(Cl)c4)C3=O)cc21. The summed E-state index contributed by atoms with van der Waals surface area (Å²) in [6.07, 6.45) is 2.50. The third-order valence-electron chi connectivity index (χ3n) is 6.23. The Labute approximate surface area is 196 Å². The Morgan fingerprint density at radius 1 is 1.06 bits per heavy atom. The average molecular weight is 472 g/mol. The van der Waals surface area contributed by atoms with E-state index in [1.807, 2.05) is 18.2 Å². The van der Waals surface area contributed by atoms with Crippen molar-refractivity contribution >= 4 is 58.5 Å². The van der Waals surface area contributed by atoms with E-state index in [9.17, 15) is 14.4 Å². The molecule has 4 amide bonds. The number of barbiturate groups is 1. The van der Waals surface area contributed by atoms with Gasteiger partial charge in [0.15, 0.2) is 0 Å². The zero-order valence-electron chi connectivity index (χ0n) is 18.2. The number of nitrogens with zero attached hydrogens (tertiary/aromatic N) is 2. The fourth-order valence-electron chi connectivity index (χ4n) is 4.37. The molecule has 2 aromatic carbocycles. The van der Waals surface area contributed by atoms with Crippen molar-refractivity contribution in [2.24, 2.45) is 0 Å². The smallest absolute Gasteiger partial charge is 0.335 e. The maximum Gasteiger partial charge on any atom is 0.335 e. The van der Waals surface area contributed by atoms with Gasteiger partial charge in [-0.25, -0.2) is 9.69 Å². The van der Waals surface area contributed by atoms with Crippen LogP contribution in [0, 0.1) is 0 Å². The third kappa shape index (κ3) is 3.78. The number of carbonyl (C=O) groups is 3. The Kier molecular flexibility index (Phi) is 5.55. The van der Waals surface area contributed by atoms with E-state index < -0.39 is 17.8 Å². The van der Waals surface area contributed by atoms with Gasteiger partial charge in [0.25, 0.3) is 11.8 Å². The molecule has 0 radical (unpaired) electrons. The molecule has 1 fully saturated rings. The predicted octanol–water partition coefficient (Wildman–Crippen LogP) is 5.38. The van der Waals surface area contributed by atoms with E-state index in [1.54, 1.807) is 0 Å². The summed E-state index contributed by atoms with van der Waals surface area (Å²) in [4.78, 5) is 41.2. The van der Waals surface area contributed by atoms with Gasteiger partial charge >= 0.3 is 6.03 Å². The molecule has 2 aliphatic rings. The van der Waals surface area contributed by atoms with Gasteiger partial charge in [0.1, 0.15) is 5.57 Å². The number of amides is 4. The van der Waals surface area contributed by atoms with Crippen molar-refractivity contribution in [2.75, 3.05) is 16.8 Å². The van der Waals surface area contributed by atoms with E-state index in [2.05, 4.69) is 38.0 Å². The Balaban J connectivity index is 1.73. The minimum Gasteiger partial charge on any atom is -0.369 e. The molecule has 1 N–H and O–H groups in total. The van der Waals surface area contributed by atoms with Crippen LogP contribution in [0.3, 0.4) is 0 Å². The third-order valence-corrected chi connectivity index (χ3v) is 6.97. The highest BCUT2D eigenvalue weighted by atomic mass is 35.5. The monoisotopic (exact) mass is 471 g/mol. The molecule has 32 heavy (non-hydrogen) atoms. The maximum atomic E-state index is 13.1. The van der Waals surface area contributed by atoms with E-state index in [0.717, 1.165) is 22.6 Å². The number of benzene rings is 2. The van der Waals surface area contributed by atoms with E-state index in [-0.39, 0.29) is 21.8 Å². The van der Waals surface area contributed by atoms with Crippen LogP contribution in [0.5, 0.6) is 0 Å². The minimum atomic E-state index is -0.835. The summed E-state index contributed by atoms with van der Waals surface area (Å²) < 4.78 is 0. The van der Waals surface area contributed by atoms with Gasteiger partial charge in [0.05, 0.1) is 15.7 Å². The van der Waals surface area contributed by atoms with Crippen molar-refractivity contribution in [1.82, 2.24) is 5.32 Å². The van der Waals surface area contributed by atoms with Crippen LogP contribution in [-0.2, 0) is 9.59 Å². The van der Waals surface area contributed by atoms with E-state index >= 15 is 0 Å². The molecule has 6 nitrogen and oxygen atoms in total. The molecular formula is C24H23Cl2N3O3. The molecule has 2 aliphatic heterocycles. The number of anilines is 2. The number of hydrogen-bond donors (Lipinski definition) is 1. The van der Waals surface area contributed by atoms with Crippen LogP contribution in [0.1, 0.15) is 44.2 Å². The first kappa shape index (κ1) is 22.4. The van der Waals surface area contributed by atoms with Crippen LogP contribution in [0.4, 0.5) is 16.2 Å². The van der Waals surface area contributed by atoms with Gasteiger partial charge in [-0.05, 0) is 73.7 Å². The first-order valence-electron chi connectivity index (χ1n) is 10.2. The molecule has 0 aromatic heterocycles. The highest BCUT2D eigenvalue weighted by molar-refractivity contribution is 6.43. The summed E-state index contributed by atoms with van der Waals surface area (Å²) in [5.74, 6) is -1.14. The summed E-state index contributed by atoms with van der Waals surface area (Å²) in [6.45, 7) is 6.59. The summed E-state index contributed by atoms with van der Waals surface area (Å²) in [7, 11) is 2.07. The second kappa shape index (κ2) is 7.94. The maximum absolute atomic E-state index is 13.1. The number of halogens is 2. The Morgan fingerprint density at radius 2 is 1.78 bits per heavy atom. The van der Waals surface area contributed by atoms with Crippen LogP contribution in [-0.4, -0.2) is 30.4 Å². The molecule has 0 spiro atoms. The predicted molar refractivity (Wildman–Crippen MR) is 127 cm³/mol. The largest absolute Gasteiger partial charge is 0.369 e. The Hall–Kier alpha value is -2.83. The highest BCUT2D eigenvalue weighted by Crippen LogP contribution is 2.42. The Morgan fingerprint density at radius 3 is 2.47 bits per heavy atom. The van der Waals surface area contributed by atoms with Crippen molar-refractivity contribution in [3.63, 3.8) is 0 Å². The van der Waals surface area contributed by atoms with Gasteiger partial charge in [0, 0.05) is 18.3 Å². The van der Waals surface area contributed by atoms with Crippen molar-refractivity contribution < 1.29 is 14.4 Å². The highest BCUT2D eigenvalue weighted by Gasteiger charge is 2.37. The van der Waals surface area contributed by atoms with E-state index in [1.165, 1.54) is 24.3 Å². The molecule has 166 valence electrons. The first-order valence-corrected chi connectivity index (χ1v) is 11.0. The minimum absolute atomic E-state index is 0.0341. The number of nitrogens with one attached hydrogen (secondary N) is 1. The fraction of sp³-hybridized carbons (Fsp3) is 0.292. The molecule has 1 saturated heterocycles. The van der Waals surface area contributed by atoms with Crippen LogP contribution in [0.2, 0.25) is 10.0 Å². The standard InChI is InChI=1S/C24H23Cl2N3O3/c1-13-12-24(2,3)28(4)20-8-5-14(9-16(13)20)10-17-21(30)27-23(32)29(22(17)31)15-6-7-18(25)19(26)11-15/h5-11,13H,12H2,1-4H3,(H,27,30,32)/b17-10-. The van der Waals surface area contributed by atoms with Crippen molar-refractivity contribution in [3.05, 3.63) is 63.1 Å². The molecule has 2 aromatic rings. The normalized spacial score (nSPS) is 21.6. The van der Waals surface area contributed by atoms with Crippen LogP contribution in [0.15, 0.2) is 42.0 Å². The number of imide groups is 2. The number of rotatable bonds is 2. The summed E-state index contributed by atoms with van der Waals surface area (Å²) in [6, 6.07) is 9.44. The zero-order chi connectivity index (χ0) is 23.4. The lowest BCUT2D eigenvalue weighted by molar-refractivity contribution is -0.122. The van der Waals surface area contributed by atoms with Crippen molar-refractivity contribution in [3.8, 4) is 0 Å². The second-order valence-corrected chi connectivity index (χ2v) is 9.67. The lowest BCUT2D eigenvalue weighted by Crippen LogP contribution is -2.54. The second-order valence-electron chi connectivity index (χ2n) is 8.85. The fourth-order valence-corrected chi connectivity index (χ4v) is 4.66. The number of urea groups is 1. The molecule has 1 atom stereocenters.